The van der Waals surface area contributed by atoms with Crippen molar-refractivity contribution in [3.63, 3.8) is 0 Å². The van der Waals surface area contributed by atoms with E-state index in [0.717, 1.165) is 66.7 Å². The van der Waals surface area contributed by atoms with Crippen molar-refractivity contribution in [3.05, 3.63) is 156 Å². The van der Waals surface area contributed by atoms with Gasteiger partial charge in [-0.05, 0) is 96.6 Å². The normalized spacial score (nSPS) is 18.8. The average Bonchev–Trinajstić information content (AvgIpc) is 3.17. The van der Waals surface area contributed by atoms with Crippen LogP contribution in [0.5, 0.6) is 0 Å². The molecule has 2 fully saturated rings. The van der Waals surface area contributed by atoms with Gasteiger partial charge in [0.15, 0.2) is 0 Å². The summed E-state index contributed by atoms with van der Waals surface area (Å²) in [4.78, 5) is 24.8. The Morgan fingerprint density at radius 2 is 1.06 bits per heavy atom. The molecule has 2 heterocycles. The minimum Gasteiger partial charge on any atom is -0.457 e. The number of nitrogens with one attached hydrogen (secondary N) is 2. The summed E-state index contributed by atoms with van der Waals surface area (Å²) in [5.41, 5.74) is 6.56. The molecule has 250 valence electrons. The van der Waals surface area contributed by atoms with Crippen molar-refractivity contribution in [1.82, 2.24) is 10.6 Å². The van der Waals surface area contributed by atoms with Gasteiger partial charge in [-0.3, -0.25) is 0 Å². The van der Waals surface area contributed by atoms with Crippen molar-refractivity contribution in [1.29, 1.82) is 0 Å². The predicted molar refractivity (Wildman–Crippen MR) is 191 cm³/mol. The van der Waals surface area contributed by atoms with Crippen LogP contribution in [-0.2, 0) is 9.47 Å². The molecule has 0 radical (unpaired) electrons. The molecule has 2 aliphatic rings. The number of esters is 2. The van der Waals surface area contributed by atoms with Crippen molar-refractivity contribution in [2.24, 2.45) is 0 Å². The van der Waals surface area contributed by atoms with Gasteiger partial charge in [-0.25, -0.2) is 14.0 Å². The Labute approximate surface area is 287 Å². The summed E-state index contributed by atoms with van der Waals surface area (Å²) in [5.74, 6) is -0.761. The first-order chi connectivity index (χ1) is 24.0. The number of piperidine rings is 2. The third-order valence-electron chi connectivity index (χ3n) is 8.96. The van der Waals surface area contributed by atoms with Gasteiger partial charge in [-0.15, -0.1) is 0 Å². The molecule has 0 bridgehead atoms. The van der Waals surface area contributed by atoms with Crippen molar-refractivity contribution < 1.29 is 23.5 Å². The van der Waals surface area contributed by atoms with Crippen LogP contribution in [0.15, 0.2) is 133 Å². The van der Waals surface area contributed by atoms with Crippen molar-refractivity contribution in [2.45, 2.75) is 37.4 Å². The molecule has 2 aliphatic heterocycles. The summed E-state index contributed by atoms with van der Waals surface area (Å²) in [6.07, 6.45) is 2.57. The van der Waals surface area contributed by atoms with Gasteiger partial charge in [0.05, 0.1) is 11.1 Å². The standard InChI is InChI=1S/C24H22FNO2.C18H19NO2/c25-21-12-10-19(11-13-21)22-14-15-26-16-23(22)28-24(27)20-8-6-18(7-9-20)17-4-2-1-3-5-17;20-18(21-17-7-4-12-19-13-17)16-10-8-15(9-11-16)14-5-2-1-3-6-14/h1-13,22-23,26H,14-16H2;1-3,5-6,8-11,17,19H,4,7,12-13H2/t22-,23+;/m1./s1. The molecule has 2 saturated heterocycles. The number of benzene rings is 5. The molecule has 0 amide bonds. The molecule has 3 atom stereocenters. The van der Waals surface area contributed by atoms with E-state index in [2.05, 4.69) is 22.8 Å². The zero-order valence-electron chi connectivity index (χ0n) is 27.4. The van der Waals surface area contributed by atoms with E-state index in [9.17, 15) is 14.0 Å². The summed E-state index contributed by atoms with van der Waals surface area (Å²) in [6.45, 7) is 3.21. The van der Waals surface area contributed by atoms with E-state index in [-0.39, 0.29) is 35.9 Å². The van der Waals surface area contributed by atoms with E-state index in [1.807, 2.05) is 84.9 Å². The maximum atomic E-state index is 13.2. The zero-order valence-corrected chi connectivity index (χ0v) is 27.4. The second-order valence-electron chi connectivity index (χ2n) is 12.4. The minimum atomic E-state index is -0.333. The Bertz CT molecular complexity index is 1770. The monoisotopic (exact) mass is 656 g/mol. The Balaban J connectivity index is 0.000000177. The molecule has 49 heavy (non-hydrogen) atoms. The van der Waals surface area contributed by atoms with E-state index in [0.29, 0.717) is 17.7 Å². The van der Waals surface area contributed by atoms with Crippen LogP contribution in [0.3, 0.4) is 0 Å². The smallest absolute Gasteiger partial charge is 0.338 e. The Morgan fingerprint density at radius 1 is 0.551 bits per heavy atom. The fourth-order valence-electron chi connectivity index (χ4n) is 6.25. The lowest BCUT2D eigenvalue weighted by Gasteiger charge is -2.32. The number of hydrogen-bond donors (Lipinski definition) is 2. The first-order valence-corrected chi connectivity index (χ1v) is 16.9. The molecule has 2 N–H and O–H groups in total. The lowest BCUT2D eigenvalue weighted by Crippen LogP contribution is -2.42. The van der Waals surface area contributed by atoms with Crippen LogP contribution in [0.25, 0.3) is 22.3 Å². The fraction of sp³-hybridized carbons (Fsp3) is 0.238. The Hall–Kier alpha value is -5.11. The van der Waals surface area contributed by atoms with E-state index < -0.39 is 0 Å². The molecule has 7 heteroatoms. The summed E-state index contributed by atoms with van der Waals surface area (Å²) in [6, 6.07) is 41.7. The molecule has 5 aromatic rings. The predicted octanol–water partition coefficient (Wildman–Crippen LogP) is 8.06. The maximum absolute atomic E-state index is 13.2. The van der Waals surface area contributed by atoms with Crippen LogP contribution in [-0.4, -0.2) is 50.3 Å². The van der Waals surface area contributed by atoms with Gasteiger partial charge in [0, 0.05) is 19.0 Å². The van der Waals surface area contributed by atoms with E-state index >= 15 is 0 Å². The summed E-state index contributed by atoms with van der Waals surface area (Å²) in [5, 5.41) is 6.53. The van der Waals surface area contributed by atoms with Gasteiger partial charge in [-0.1, -0.05) is 97.1 Å². The Morgan fingerprint density at radius 3 is 1.59 bits per heavy atom. The van der Waals surface area contributed by atoms with Crippen molar-refractivity contribution in [2.75, 3.05) is 26.2 Å². The lowest BCUT2D eigenvalue weighted by atomic mass is 9.87. The molecule has 1 unspecified atom stereocenters. The van der Waals surface area contributed by atoms with Gasteiger partial charge in [0.1, 0.15) is 18.0 Å². The van der Waals surface area contributed by atoms with Crippen LogP contribution in [0, 0.1) is 5.82 Å². The highest BCUT2D eigenvalue weighted by atomic mass is 19.1. The van der Waals surface area contributed by atoms with Gasteiger partial charge in [-0.2, -0.15) is 0 Å². The third kappa shape index (κ3) is 9.28. The van der Waals surface area contributed by atoms with E-state index in [1.54, 1.807) is 24.3 Å². The second kappa shape index (κ2) is 16.8. The highest BCUT2D eigenvalue weighted by molar-refractivity contribution is 5.91. The number of halogens is 1. The SMILES string of the molecule is O=C(OC1CCCNC1)c1ccc(-c2ccccc2)cc1.O=C(O[C@H]1CNCC[C@@H]1c1ccc(F)cc1)c1ccc(-c2ccccc2)cc1. The second-order valence-corrected chi connectivity index (χ2v) is 12.4. The van der Waals surface area contributed by atoms with Gasteiger partial charge in [0.2, 0.25) is 0 Å². The summed E-state index contributed by atoms with van der Waals surface area (Å²) in [7, 11) is 0. The largest absolute Gasteiger partial charge is 0.457 e. The molecule has 7 rings (SSSR count). The molecular formula is C42H41FN2O4. The van der Waals surface area contributed by atoms with E-state index in [4.69, 9.17) is 9.47 Å². The molecular weight excluding hydrogens is 615 g/mol. The van der Waals surface area contributed by atoms with Gasteiger partial charge in [0.25, 0.3) is 0 Å². The first kappa shape index (κ1) is 33.8. The summed E-state index contributed by atoms with van der Waals surface area (Å²) >= 11 is 0. The number of carbonyl (C=O) groups excluding carboxylic acids is 2. The highest BCUT2D eigenvalue weighted by Gasteiger charge is 2.30. The molecule has 0 spiro atoms. The topological polar surface area (TPSA) is 76.7 Å². The van der Waals surface area contributed by atoms with Crippen LogP contribution in [0.2, 0.25) is 0 Å². The van der Waals surface area contributed by atoms with Crippen LogP contribution >= 0.6 is 0 Å². The minimum absolute atomic E-state index is 0.0000462. The molecule has 6 nitrogen and oxygen atoms in total. The maximum Gasteiger partial charge on any atom is 0.338 e. The molecule has 0 saturated carbocycles. The van der Waals surface area contributed by atoms with Crippen LogP contribution in [0.1, 0.15) is 51.5 Å². The number of hydrogen-bond acceptors (Lipinski definition) is 6. The number of rotatable bonds is 7. The van der Waals surface area contributed by atoms with Crippen LogP contribution in [0.4, 0.5) is 4.39 Å². The van der Waals surface area contributed by atoms with Crippen molar-refractivity contribution >= 4 is 11.9 Å². The molecule has 0 aromatic heterocycles. The third-order valence-corrected chi connectivity index (χ3v) is 8.96. The first-order valence-electron chi connectivity index (χ1n) is 16.9. The lowest BCUT2D eigenvalue weighted by molar-refractivity contribution is 0.0181. The molecule has 0 aliphatic carbocycles. The average molecular weight is 657 g/mol. The summed E-state index contributed by atoms with van der Waals surface area (Å²) < 4.78 is 24.6. The van der Waals surface area contributed by atoms with E-state index in [1.165, 1.54) is 12.1 Å². The zero-order chi connectivity index (χ0) is 33.8. The van der Waals surface area contributed by atoms with Crippen molar-refractivity contribution in [3.8, 4) is 22.3 Å². The highest BCUT2D eigenvalue weighted by Crippen LogP contribution is 2.29. The van der Waals surface area contributed by atoms with Gasteiger partial charge < -0.3 is 20.1 Å². The Kier molecular flexibility index (Phi) is 11.6. The quantitative estimate of drug-likeness (QED) is 0.173. The number of carbonyl (C=O) groups is 2. The number of ether oxygens (including phenoxy) is 2. The van der Waals surface area contributed by atoms with Crippen LogP contribution < -0.4 is 10.6 Å². The molecule has 5 aromatic carbocycles. The fourth-order valence-corrected chi connectivity index (χ4v) is 6.25. The van der Waals surface area contributed by atoms with Gasteiger partial charge >= 0.3 is 11.9 Å².